The number of fused-ring (bicyclic) bond motifs is 1. The van der Waals surface area contributed by atoms with E-state index in [1.54, 1.807) is 24.8 Å². The summed E-state index contributed by atoms with van der Waals surface area (Å²) in [5.41, 5.74) is 5.72. The van der Waals surface area contributed by atoms with E-state index in [0.29, 0.717) is 16.8 Å². The molecular formula is C28H24N4O3S. The van der Waals surface area contributed by atoms with E-state index in [0.717, 1.165) is 38.3 Å². The molecule has 7 nitrogen and oxygen atoms in total. The van der Waals surface area contributed by atoms with Gasteiger partial charge in [0.05, 0.1) is 11.3 Å². The zero-order valence-corrected chi connectivity index (χ0v) is 20.9. The van der Waals surface area contributed by atoms with Gasteiger partial charge in [0.2, 0.25) is 0 Å². The number of hydrogen-bond acceptors (Lipinski definition) is 8. The third kappa shape index (κ3) is 4.43. The van der Waals surface area contributed by atoms with E-state index in [4.69, 9.17) is 4.74 Å². The van der Waals surface area contributed by atoms with Crippen molar-refractivity contribution in [3.05, 3.63) is 100 Å². The highest BCUT2D eigenvalue weighted by Gasteiger charge is 2.37. The monoisotopic (exact) mass is 496 g/mol. The fraction of sp³-hybridized carbons (Fsp3) is 0.179. The summed E-state index contributed by atoms with van der Waals surface area (Å²) < 4.78 is 5.75. The van der Waals surface area contributed by atoms with Gasteiger partial charge in [-0.1, -0.05) is 12.1 Å². The SMILES string of the molecule is CC(=O)C1=C(C)NC(C)=C(C(=O)OCc2ccc(-c3cccnc3)nc2)C1c1csc2ncccc12. The minimum atomic E-state index is -0.541. The van der Waals surface area contributed by atoms with Crippen molar-refractivity contribution in [1.82, 2.24) is 20.3 Å². The highest BCUT2D eigenvalue weighted by atomic mass is 32.1. The van der Waals surface area contributed by atoms with Crippen molar-refractivity contribution in [1.29, 1.82) is 0 Å². The molecule has 4 aromatic rings. The van der Waals surface area contributed by atoms with Crippen LogP contribution in [0.2, 0.25) is 0 Å². The lowest BCUT2D eigenvalue weighted by molar-refractivity contribution is -0.140. The first-order chi connectivity index (χ1) is 17.4. The molecule has 4 aromatic heterocycles. The van der Waals surface area contributed by atoms with Gasteiger partial charge < -0.3 is 10.1 Å². The standard InChI is InChI=1S/C28H24N4O3S/c1-16-24(18(3)33)26(22-15-36-27-21(22)7-5-11-30-27)25(17(2)32-16)28(34)35-14-19-8-9-23(31-12-19)20-6-4-10-29-13-20/h4-13,15,26,32H,14H2,1-3H3. The second kappa shape index (κ2) is 9.83. The summed E-state index contributed by atoms with van der Waals surface area (Å²) in [6.07, 6.45) is 6.89. The van der Waals surface area contributed by atoms with Gasteiger partial charge in [-0.05, 0) is 56.0 Å². The summed E-state index contributed by atoms with van der Waals surface area (Å²) in [5.74, 6) is -1.11. The Kier molecular flexibility index (Phi) is 6.43. The number of Topliss-reactive ketones (excluding diaryl/α,β-unsaturated/α-hetero) is 1. The number of allylic oxidation sites excluding steroid dienone is 3. The molecule has 0 radical (unpaired) electrons. The van der Waals surface area contributed by atoms with E-state index < -0.39 is 11.9 Å². The molecule has 1 atom stereocenters. The third-order valence-electron chi connectivity index (χ3n) is 6.20. The number of aromatic nitrogens is 3. The van der Waals surface area contributed by atoms with Crippen LogP contribution in [0.1, 0.15) is 37.8 Å². The average molecular weight is 497 g/mol. The van der Waals surface area contributed by atoms with Crippen molar-refractivity contribution >= 4 is 33.3 Å². The van der Waals surface area contributed by atoms with Gasteiger partial charge in [0.25, 0.3) is 0 Å². The van der Waals surface area contributed by atoms with Crippen LogP contribution in [0.4, 0.5) is 0 Å². The summed E-state index contributed by atoms with van der Waals surface area (Å²) in [4.78, 5) is 40.1. The Morgan fingerprint density at radius 2 is 1.81 bits per heavy atom. The summed E-state index contributed by atoms with van der Waals surface area (Å²) in [6, 6.07) is 11.4. The maximum absolute atomic E-state index is 13.5. The molecule has 5 rings (SSSR count). The number of dihydropyridines is 1. The van der Waals surface area contributed by atoms with E-state index >= 15 is 0 Å². The van der Waals surface area contributed by atoms with Gasteiger partial charge in [-0.25, -0.2) is 9.78 Å². The van der Waals surface area contributed by atoms with Crippen LogP contribution >= 0.6 is 11.3 Å². The number of carbonyl (C=O) groups is 2. The molecule has 1 aliphatic heterocycles. The molecule has 0 fully saturated rings. The maximum atomic E-state index is 13.5. The van der Waals surface area contributed by atoms with E-state index in [-0.39, 0.29) is 12.4 Å². The third-order valence-corrected chi connectivity index (χ3v) is 7.12. The van der Waals surface area contributed by atoms with Crippen molar-refractivity contribution in [2.75, 3.05) is 0 Å². The van der Waals surface area contributed by atoms with Gasteiger partial charge >= 0.3 is 5.97 Å². The number of nitrogens with zero attached hydrogens (tertiary/aromatic N) is 3. The number of ether oxygens (including phenoxy) is 1. The number of esters is 1. The van der Waals surface area contributed by atoms with E-state index in [2.05, 4.69) is 20.3 Å². The van der Waals surface area contributed by atoms with Crippen molar-refractivity contribution in [3.63, 3.8) is 0 Å². The molecule has 180 valence electrons. The number of thiophene rings is 1. The van der Waals surface area contributed by atoms with Crippen LogP contribution in [-0.4, -0.2) is 26.7 Å². The Hall–Kier alpha value is -4.17. The molecule has 36 heavy (non-hydrogen) atoms. The Balaban J connectivity index is 1.43. The first-order valence-corrected chi connectivity index (χ1v) is 12.4. The molecule has 8 heteroatoms. The highest BCUT2D eigenvalue weighted by Crippen LogP contribution is 2.43. The molecule has 0 aliphatic carbocycles. The van der Waals surface area contributed by atoms with Gasteiger partial charge in [0.15, 0.2) is 5.78 Å². The van der Waals surface area contributed by atoms with Crippen LogP contribution in [-0.2, 0) is 20.9 Å². The molecule has 5 heterocycles. The Morgan fingerprint density at radius 3 is 2.53 bits per heavy atom. The second-order valence-electron chi connectivity index (χ2n) is 8.61. The summed E-state index contributed by atoms with van der Waals surface area (Å²) >= 11 is 1.49. The van der Waals surface area contributed by atoms with Gasteiger partial charge in [0, 0.05) is 64.2 Å². The van der Waals surface area contributed by atoms with Gasteiger partial charge in [-0.3, -0.25) is 14.8 Å². The molecule has 0 saturated carbocycles. The van der Waals surface area contributed by atoms with E-state index in [9.17, 15) is 9.59 Å². The van der Waals surface area contributed by atoms with Gasteiger partial charge in [0.1, 0.15) is 11.4 Å². The number of pyridine rings is 3. The van der Waals surface area contributed by atoms with Crippen LogP contribution in [0.5, 0.6) is 0 Å². The smallest absolute Gasteiger partial charge is 0.337 e. The minimum Gasteiger partial charge on any atom is -0.457 e. The predicted octanol–water partition coefficient (Wildman–Crippen LogP) is 5.32. The predicted molar refractivity (Wildman–Crippen MR) is 139 cm³/mol. The van der Waals surface area contributed by atoms with Crippen LogP contribution in [0, 0.1) is 0 Å². The number of hydrogen-bond donors (Lipinski definition) is 1. The second-order valence-corrected chi connectivity index (χ2v) is 9.47. The molecule has 0 aromatic carbocycles. The lowest BCUT2D eigenvalue weighted by Crippen LogP contribution is -2.31. The molecule has 1 N–H and O–H groups in total. The van der Waals surface area contributed by atoms with Gasteiger partial charge in [-0.15, -0.1) is 11.3 Å². The highest BCUT2D eigenvalue weighted by molar-refractivity contribution is 7.16. The zero-order valence-electron chi connectivity index (χ0n) is 20.1. The van der Waals surface area contributed by atoms with Crippen LogP contribution in [0.25, 0.3) is 21.5 Å². The Bertz CT molecular complexity index is 1520. The average Bonchev–Trinajstić information content (AvgIpc) is 3.31. The molecule has 0 saturated heterocycles. The van der Waals surface area contributed by atoms with Crippen molar-refractivity contribution < 1.29 is 14.3 Å². The van der Waals surface area contributed by atoms with Crippen LogP contribution in [0.3, 0.4) is 0 Å². The normalized spacial score (nSPS) is 15.7. The molecule has 0 amide bonds. The Labute approximate surface area is 212 Å². The molecule has 0 bridgehead atoms. The summed E-state index contributed by atoms with van der Waals surface area (Å²) in [6.45, 7) is 5.28. The molecule has 1 aliphatic rings. The number of nitrogens with one attached hydrogen (secondary N) is 1. The Morgan fingerprint density at radius 1 is 1.00 bits per heavy atom. The van der Waals surface area contributed by atoms with Crippen molar-refractivity contribution in [3.8, 4) is 11.3 Å². The molecular weight excluding hydrogens is 472 g/mol. The van der Waals surface area contributed by atoms with Gasteiger partial charge in [-0.2, -0.15) is 0 Å². The molecule has 1 unspecified atom stereocenters. The lowest BCUT2D eigenvalue weighted by Gasteiger charge is -2.30. The lowest BCUT2D eigenvalue weighted by atomic mass is 9.79. The maximum Gasteiger partial charge on any atom is 0.337 e. The largest absolute Gasteiger partial charge is 0.457 e. The van der Waals surface area contributed by atoms with E-state index in [1.165, 1.54) is 18.3 Å². The van der Waals surface area contributed by atoms with Crippen molar-refractivity contribution in [2.45, 2.75) is 33.3 Å². The van der Waals surface area contributed by atoms with Crippen LogP contribution in [0.15, 0.2) is 89.1 Å². The van der Waals surface area contributed by atoms with Crippen molar-refractivity contribution in [2.24, 2.45) is 0 Å². The number of rotatable bonds is 6. The van der Waals surface area contributed by atoms with E-state index in [1.807, 2.05) is 55.6 Å². The number of ketones is 1. The summed E-state index contributed by atoms with van der Waals surface area (Å²) in [7, 11) is 0. The fourth-order valence-electron chi connectivity index (χ4n) is 4.57. The van der Waals surface area contributed by atoms with Crippen LogP contribution < -0.4 is 5.32 Å². The topological polar surface area (TPSA) is 94.1 Å². The quantitative estimate of drug-likeness (QED) is 0.361. The zero-order chi connectivity index (χ0) is 25.2. The molecule has 0 spiro atoms. The minimum absolute atomic E-state index is 0.0622. The first kappa shape index (κ1) is 23.6. The first-order valence-electron chi connectivity index (χ1n) is 11.5. The summed E-state index contributed by atoms with van der Waals surface area (Å²) in [5, 5.41) is 6.12. The number of carbonyl (C=O) groups excluding carboxylic acids is 2. The fourth-order valence-corrected chi connectivity index (χ4v) is 5.51.